The van der Waals surface area contributed by atoms with E-state index in [1.807, 2.05) is 30.3 Å². The van der Waals surface area contributed by atoms with E-state index >= 15 is 0 Å². The highest BCUT2D eigenvalue weighted by Gasteiger charge is 2.24. The molecule has 3 heterocycles. The Morgan fingerprint density at radius 3 is 2.53 bits per heavy atom. The molecule has 1 saturated heterocycles. The zero-order valence-electron chi connectivity index (χ0n) is 18.2. The van der Waals surface area contributed by atoms with Crippen LogP contribution in [-0.4, -0.2) is 47.3 Å². The molecule has 1 unspecified atom stereocenters. The van der Waals surface area contributed by atoms with Crippen LogP contribution in [0.5, 0.6) is 5.75 Å². The molecule has 0 bridgehead atoms. The number of ether oxygens (including phenoxy) is 1. The van der Waals surface area contributed by atoms with Crippen LogP contribution in [-0.2, 0) is 0 Å². The van der Waals surface area contributed by atoms with E-state index in [0.29, 0.717) is 6.54 Å². The fourth-order valence-electron chi connectivity index (χ4n) is 4.01. The number of aromatic nitrogens is 2. The lowest BCUT2D eigenvalue weighted by atomic mass is 10.2. The van der Waals surface area contributed by atoms with E-state index in [4.69, 9.17) is 4.74 Å². The zero-order chi connectivity index (χ0) is 22.3. The van der Waals surface area contributed by atoms with E-state index in [1.54, 1.807) is 24.6 Å². The Bertz CT molecular complexity index is 1070. The van der Waals surface area contributed by atoms with Crippen molar-refractivity contribution in [1.82, 2.24) is 20.0 Å². The minimum Gasteiger partial charge on any atom is -0.497 e. The summed E-state index contributed by atoms with van der Waals surface area (Å²) in [6, 6.07) is 12.9. The molecular weight excluding hydrogens is 424 g/mol. The van der Waals surface area contributed by atoms with Gasteiger partial charge in [-0.2, -0.15) is 5.10 Å². The summed E-state index contributed by atoms with van der Waals surface area (Å²) >= 11 is 1.70. The van der Waals surface area contributed by atoms with Crippen LogP contribution in [0.2, 0.25) is 0 Å². The minimum absolute atomic E-state index is 0.101. The summed E-state index contributed by atoms with van der Waals surface area (Å²) in [5.74, 6) is 0.273. The van der Waals surface area contributed by atoms with Gasteiger partial charge in [-0.3, -0.25) is 14.5 Å². The second-order valence-electron chi connectivity index (χ2n) is 7.86. The molecule has 1 aliphatic rings. The molecule has 1 atom stereocenters. The Kier molecular flexibility index (Phi) is 7.34. The van der Waals surface area contributed by atoms with Crippen LogP contribution < -0.4 is 15.5 Å². The quantitative estimate of drug-likeness (QED) is 0.592. The van der Waals surface area contributed by atoms with Crippen LogP contribution in [0.15, 0.2) is 58.8 Å². The maximum absolute atomic E-state index is 13.0. The lowest BCUT2D eigenvalue weighted by molar-refractivity contribution is 0.0926. The largest absolute Gasteiger partial charge is 0.497 e. The predicted molar refractivity (Wildman–Crippen MR) is 126 cm³/mol. The van der Waals surface area contributed by atoms with Gasteiger partial charge in [-0.15, -0.1) is 11.3 Å². The standard InChI is InChI=1S/C24H28N4O3S/c1-31-19-10-8-18(9-11-19)28-15-12-21(29)23(26-28)24(30)25-17-20(22-7-6-16-32-22)27-13-4-2-3-5-14-27/h6-12,15-16,20H,2-5,13-14,17H2,1H3,(H,25,30). The average molecular weight is 453 g/mol. The topological polar surface area (TPSA) is 76.5 Å². The number of nitrogens with one attached hydrogen (secondary N) is 1. The predicted octanol–water partition coefficient (Wildman–Crippen LogP) is 3.65. The molecule has 32 heavy (non-hydrogen) atoms. The SMILES string of the molecule is COc1ccc(-n2ccc(=O)c(C(=O)NCC(c3cccs3)N3CCCCCC3)n2)cc1. The lowest BCUT2D eigenvalue weighted by Gasteiger charge is -2.30. The van der Waals surface area contributed by atoms with Crippen LogP contribution in [0.25, 0.3) is 5.69 Å². The molecule has 1 aliphatic heterocycles. The molecule has 1 aromatic carbocycles. The molecule has 0 radical (unpaired) electrons. The Morgan fingerprint density at radius 1 is 1.12 bits per heavy atom. The molecule has 168 valence electrons. The first-order valence-electron chi connectivity index (χ1n) is 11.0. The summed E-state index contributed by atoms with van der Waals surface area (Å²) < 4.78 is 6.71. The van der Waals surface area contributed by atoms with Gasteiger partial charge in [-0.25, -0.2) is 4.68 Å². The van der Waals surface area contributed by atoms with Gasteiger partial charge in [-0.1, -0.05) is 18.9 Å². The summed E-state index contributed by atoms with van der Waals surface area (Å²) in [5.41, 5.74) is 0.236. The molecule has 1 amide bonds. The highest BCUT2D eigenvalue weighted by molar-refractivity contribution is 7.10. The number of methoxy groups -OCH3 is 1. The van der Waals surface area contributed by atoms with Gasteiger partial charge in [0.25, 0.3) is 5.91 Å². The third-order valence-corrected chi connectivity index (χ3v) is 6.74. The lowest BCUT2D eigenvalue weighted by Crippen LogP contribution is -2.40. The van der Waals surface area contributed by atoms with Crippen molar-refractivity contribution in [2.24, 2.45) is 0 Å². The van der Waals surface area contributed by atoms with Crippen molar-refractivity contribution in [1.29, 1.82) is 0 Å². The molecule has 1 N–H and O–H groups in total. The van der Waals surface area contributed by atoms with Crippen molar-refractivity contribution < 1.29 is 9.53 Å². The van der Waals surface area contributed by atoms with Crippen LogP contribution >= 0.6 is 11.3 Å². The van der Waals surface area contributed by atoms with Crippen molar-refractivity contribution in [2.45, 2.75) is 31.7 Å². The third kappa shape index (κ3) is 5.26. The molecule has 0 aliphatic carbocycles. The second-order valence-corrected chi connectivity index (χ2v) is 8.84. The first-order chi connectivity index (χ1) is 15.7. The number of likely N-dealkylation sites (tertiary alicyclic amines) is 1. The minimum atomic E-state index is -0.450. The highest BCUT2D eigenvalue weighted by Crippen LogP contribution is 2.27. The molecule has 2 aromatic heterocycles. The number of hydrogen-bond donors (Lipinski definition) is 1. The van der Waals surface area contributed by atoms with E-state index in [9.17, 15) is 9.59 Å². The Hall–Kier alpha value is -2.97. The number of hydrogen-bond acceptors (Lipinski definition) is 6. The number of carbonyl (C=O) groups is 1. The summed E-state index contributed by atoms with van der Waals surface area (Å²) in [6.45, 7) is 2.48. The van der Waals surface area contributed by atoms with Crippen molar-refractivity contribution in [2.75, 3.05) is 26.7 Å². The van der Waals surface area contributed by atoms with Gasteiger partial charge in [-0.05, 0) is 61.6 Å². The fraction of sp³-hybridized carbons (Fsp3) is 0.375. The average Bonchev–Trinajstić information content (AvgIpc) is 3.22. The van der Waals surface area contributed by atoms with Gasteiger partial charge in [0.1, 0.15) is 5.75 Å². The van der Waals surface area contributed by atoms with Crippen molar-refractivity contribution in [3.05, 3.63) is 74.8 Å². The van der Waals surface area contributed by atoms with Gasteiger partial charge in [0, 0.05) is 23.7 Å². The third-order valence-electron chi connectivity index (χ3n) is 5.77. The Labute approximate surface area is 191 Å². The Balaban J connectivity index is 1.51. The number of nitrogens with zero attached hydrogens (tertiary/aromatic N) is 3. The van der Waals surface area contributed by atoms with Crippen LogP contribution in [0, 0.1) is 0 Å². The van der Waals surface area contributed by atoms with Crippen molar-refractivity contribution in [3.8, 4) is 11.4 Å². The molecule has 0 spiro atoms. The van der Waals surface area contributed by atoms with Crippen molar-refractivity contribution in [3.63, 3.8) is 0 Å². The van der Waals surface area contributed by atoms with Gasteiger partial charge >= 0.3 is 0 Å². The maximum atomic E-state index is 13.0. The van der Waals surface area contributed by atoms with E-state index in [2.05, 4.69) is 26.8 Å². The van der Waals surface area contributed by atoms with E-state index < -0.39 is 11.3 Å². The fourth-order valence-corrected chi connectivity index (χ4v) is 4.87. The molecule has 3 aromatic rings. The van der Waals surface area contributed by atoms with Gasteiger partial charge in [0.05, 0.1) is 18.8 Å². The number of carbonyl (C=O) groups excluding carboxylic acids is 1. The molecule has 7 nitrogen and oxygen atoms in total. The van der Waals surface area contributed by atoms with E-state index in [1.165, 1.54) is 41.3 Å². The summed E-state index contributed by atoms with van der Waals surface area (Å²) in [4.78, 5) is 29.0. The first-order valence-corrected chi connectivity index (χ1v) is 11.8. The first kappa shape index (κ1) is 22.2. The summed E-state index contributed by atoms with van der Waals surface area (Å²) in [7, 11) is 1.60. The number of rotatable bonds is 7. The van der Waals surface area contributed by atoms with E-state index in [-0.39, 0.29) is 11.7 Å². The number of benzene rings is 1. The molecule has 0 saturated carbocycles. The summed E-state index contributed by atoms with van der Waals surface area (Å²) in [6.07, 6.45) is 6.40. The Morgan fingerprint density at radius 2 is 1.88 bits per heavy atom. The summed E-state index contributed by atoms with van der Waals surface area (Å²) in [5, 5.41) is 9.34. The number of thiophene rings is 1. The van der Waals surface area contributed by atoms with Crippen molar-refractivity contribution >= 4 is 17.2 Å². The maximum Gasteiger partial charge on any atom is 0.275 e. The smallest absolute Gasteiger partial charge is 0.275 e. The molecule has 1 fully saturated rings. The van der Waals surface area contributed by atoms with Crippen LogP contribution in [0.4, 0.5) is 0 Å². The van der Waals surface area contributed by atoms with Crippen LogP contribution in [0.3, 0.4) is 0 Å². The van der Waals surface area contributed by atoms with Gasteiger partial charge in [0.2, 0.25) is 5.43 Å². The molecular formula is C24H28N4O3S. The van der Waals surface area contributed by atoms with Crippen LogP contribution in [0.1, 0.15) is 47.1 Å². The second kappa shape index (κ2) is 10.6. The highest BCUT2D eigenvalue weighted by atomic mass is 32.1. The zero-order valence-corrected chi connectivity index (χ0v) is 19.0. The molecule has 8 heteroatoms. The van der Waals surface area contributed by atoms with E-state index in [0.717, 1.165) is 24.5 Å². The molecule has 4 rings (SSSR count). The normalized spacial score (nSPS) is 15.7. The van der Waals surface area contributed by atoms with Gasteiger partial charge in [0.15, 0.2) is 5.69 Å². The number of amides is 1. The van der Waals surface area contributed by atoms with Gasteiger partial charge < -0.3 is 10.1 Å². The monoisotopic (exact) mass is 452 g/mol.